The minimum absolute atomic E-state index is 0.196. The molecule has 0 bridgehead atoms. The largest absolute Gasteiger partial charge is 0.491 e. The van der Waals surface area contributed by atoms with Crippen LogP contribution in [-0.4, -0.2) is 51.9 Å². The van der Waals surface area contributed by atoms with E-state index in [4.69, 9.17) is 21.1 Å². The average Bonchev–Trinajstić information content (AvgIpc) is 3.05. The summed E-state index contributed by atoms with van der Waals surface area (Å²) in [6, 6.07) is 17.4. The summed E-state index contributed by atoms with van der Waals surface area (Å²) in [6.45, 7) is 6.60. The van der Waals surface area contributed by atoms with Crippen LogP contribution in [0.15, 0.2) is 66.9 Å². The van der Waals surface area contributed by atoms with Gasteiger partial charge in [0.05, 0.1) is 16.9 Å². The van der Waals surface area contributed by atoms with Crippen molar-refractivity contribution in [2.24, 2.45) is 0 Å². The smallest absolute Gasteiger partial charge is 0.131 e. The van der Waals surface area contributed by atoms with Crippen molar-refractivity contribution in [3.63, 3.8) is 0 Å². The molecule has 7 heteroatoms. The molecule has 38 heavy (non-hydrogen) atoms. The van der Waals surface area contributed by atoms with Crippen LogP contribution in [0, 0.1) is 0 Å². The number of likely N-dealkylation sites (tertiary alicyclic amines) is 1. The van der Waals surface area contributed by atoms with Crippen molar-refractivity contribution < 1.29 is 19.7 Å². The fourth-order valence-corrected chi connectivity index (χ4v) is 5.22. The Morgan fingerprint density at radius 3 is 2.61 bits per heavy atom. The number of rotatable bonds is 7. The standard InChI is InChI=1S/C31H35ClN2O4/c1-30(2,35)21-38-24-11-12-29-27(19-24)25(26-5-3-15-33-28(26)20-37-29)6-4-16-34-17-13-31(36,14-18-34)22-7-9-23(32)10-8-22/h3,5-12,15,19,35-36H,4,13-14,16-18,20-21H2,1-2H3. The molecule has 2 N–H and O–H groups in total. The molecule has 1 aromatic heterocycles. The molecule has 0 aliphatic carbocycles. The molecule has 0 amide bonds. The summed E-state index contributed by atoms with van der Waals surface area (Å²) < 4.78 is 12.0. The van der Waals surface area contributed by atoms with Gasteiger partial charge in [-0.25, -0.2) is 0 Å². The number of halogens is 1. The van der Waals surface area contributed by atoms with E-state index in [9.17, 15) is 10.2 Å². The fraction of sp³-hybridized carbons (Fsp3) is 0.387. The van der Waals surface area contributed by atoms with Crippen LogP contribution >= 0.6 is 11.6 Å². The second-order valence-corrected chi connectivity index (χ2v) is 11.3. The van der Waals surface area contributed by atoms with Gasteiger partial charge in [0, 0.05) is 42.0 Å². The first-order valence-electron chi connectivity index (χ1n) is 13.2. The van der Waals surface area contributed by atoms with Gasteiger partial charge in [-0.1, -0.05) is 35.9 Å². The third-order valence-electron chi connectivity index (χ3n) is 7.24. The van der Waals surface area contributed by atoms with Gasteiger partial charge in [0.1, 0.15) is 24.7 Å². The summed E-state index contributed by atoms with van der Waals surface area (Å²) in [5.41, 5.74) is 3.20. The van der Waals surface area contributed by atoms with Gasteiger partial charge in [-0.15, -0.1) is 0 Å². The number of aromatic nitrogens is 1. The minimum Gasteiger partial charge on any atom is -0.491 e. The molecule has 3 aromatic rings. The predicted molar refractivity (Wildman–Crippen MR) is 150 cm³/mol. The lowest BCUT2D eigenvalue weighted by Crippen LogP contribution is -2.42. The molecular formula is C31H35ClN2O4. The van der Waals surface area contributed by atoms with E-state index >= 15 is 0 Å². The fourth-order valence-electron chi connectivity index (χ4n) is 5.09. The van der Waals surface area contributed by atoms with E-state index < -0.39 is 11.2 Å². The number of benzene rings is 2. The van der Waals surface area contributed by atoms with Gasteiger partial charge in [-0.3, -0.25) is 4.98 Å². The molecule has 2 aromatic carbocycles. The number of hydrogen-bond donors (Lipinski definition) is 2. The number of fused-ring (bicyclic) bond motifs is 2. The number of ether oxygens (including phenoxy) is 2. The molecule has 6 nitrogen and oxygen atoms in total. The number of pyridine rings is 1. The molecule has 200 valence electrons. The Kier molecular flexibility index (Phi) is 7.78. The molecule has 1 saturated heterocycles. The Bertz CT molecular complexity index is 1290. The first kappa shape index (κ1) is 26.7. The van der Waals surface area contributed by atoms with Gasteiger partial charge in [-0.2, -0.15) is 0 Å². The van der Waals surface area contributed by atoms with Crippen molar-refractivity contribution in [1.82, 2.24) is 9.88 Å². The number of piperidine rings is 1. The Labute approximate surface area is 229 Å². The first-order chi connectivity index (χ1) is 18.2. The highest BCUT2D eigenvalue weighted by Gasteiger charge is 2.33. The highest BCUT2D eigenvalue weighted by atomic mass is 35.5. The molecule has 2 aliphatic heterocycles. The predicted octanol–water partition coefficient (Wildman–Crippen LogP) is 5.58. The molecule has 0 spiro atoms. The summed E-state index contributed by atoms with van der Waals surface area (Å²) >= 11 is 6.03. The Morgan fingerprint density at radius 2 is 1.87 bits per heavy atom. The van der Waals surface area contributed by atoms with Gasteiger partial charge < -0.3 is 24.6 Å². The normalized spacial score (nSPS) is 18.3. The van der Waals surface area contributed by atoms with Crippen molar-refractivity contribution in [1.29, 1.82) is 0 Å². The van der Waals surface area contributed by atoms with Gasteiger partial charge in [-0.05, 0) is 80.6 Å². The quantitative estimate of drug-likeness (QED) is 0.412. The van der Waals surface area contributed by atoms with E-state index in [0.29, 0.717) is 30.2 Å². The third kappa shape index (κ3) is 6.21. The first-order valence-corrected chi connectivity index (χ1v) is 13.6. The molecule has 0 atom stereocenters. The van der Waals surface area contributed by atoms with Gasteiger partial charge in [0.15, 0.2) is 0 Å². The van der Waals surface area contributed by atoms with Crippen LogP contribution in [0.25, 0.3) is 5.57 Å². The number of hydrogen-bond acceptors (Lipinski definition) is 6. The van der Waals surface area contributed by atoms with Gasteiger partial charge in [0.2, 0.25) is 0 Å². The lowest BCUT2D eigenvalue weighted by molar-refractivity contribution is -0.0254. The van der Waals surface area contributed by atoms with E-state index in [1.807, 2.05) is 48.5 Å². The molecule has 0 saturated carbocycles. The maximum atomic E-state index is 11.2. The third-order valence-corrected chi connectivity index (χ3v) is 7.49. The number of aliphatic hydroxyl groups is 2. The molecule has 0 radical (unpaired) electrons. The molecule has 1 fully saturated rings. The lowest BCUT2D eigenvalue weighted by Gasteiger charge is -2.38. The zero-order valence-electron chi connectivity index (χ0n) is 22.0. The molecular weight excluding hydrogens is 500 g/mol. The van der Waals surface area contributed by atoms with Crippen LogP contribution in [0.2, 0.25) is 5.02 Å². The van der Waals surface area contributed by atoms with Crippen molar-refractivity contribution in [2.45, 2.75) is 50.9 Å². The zero-order valence-corrected chi connectivity index (χ0v) is 22.7. The van der Waals surface area contributed by atoms with E-state index in [1.165, 1.54) is 0 Å². The van der Waals surface area contributed by atoms with E-state index in [2.05, 4.69) is 22.0 Å². The summed E-state index contributed by atoms with van der Waals surface area (Å²) in [6.07, 6.45) is 6.28. The molecule has 3 heterocycles. The highest BCUT2D eigenvalue weighted by Crippen LogP contribution is 2.39. The van der Waals surface area contributed by atoms with Crippen LogP contribution < -0.4 is 9.47 Å². The zero-order chi connectivity index (χ0) is 26.8. The van der Waals surface area contributed by atoms with E-state index in [-0.39, 0.29) is 6.61 Å². The monoisotopic (exact) mass is 534 g/mol. The maximum Gasteiger partial charge on any atom is 0.131 e. The van der Waals surface area contributed by atoms with Crippen LogP contribution in [-0.2, 0) is 12.2 Å². The summed E-state index contributed by atoms with van der Waals surface area (Å²) in [5, 5.41) is 22.0. The second kappa shape index (κ2) is 11.1. The molecule has 0 unspecified atom stereocenters. The highest BCUT2D eigenvalue weighted by molar-refractivity contribution is 6.30. The van der Waals surface area contributed by atoms with Crippen molar-refractivity contribution in [3.8, 4) is 11.5 Å². The summed E-state index contributed by atoms with van der Waals surface area (Å²) in [5.74, 6) is 1.47. The Balaban J connectivity index is 1.32. The summed E-state index contributed by atoms with van der Waals surface area (Å²) in [7, 11) is 0. The van der Waals surface area contributed by atoms with Gasteiger partial charge in [0.25, 0.3) is 0 Å². The van der Waals surface area contributed by atoms with Crippen LogP contribution in [0.3, 0.4) is 0 Å². The molecule has 2 aliphatic rings. The lowest BCUT2D eigenvalue weighted by atomic mass is 9.84. The van der Waals surface area contributed by atoms with Crippen LogP contribution in [0.5, 0.6) is 11.5 Å². The number of nitrogens with zero attached hydrogens (tertiary/aromatic N) is 2. The SMILES string of the molecule is CC(C)(O)COc1ccc2c(c1)C(=CCCN1CCC(O)(c3ccc(Cl)cc3)CC1)c1cccnc1CO2. The van der Waals surface area contributed by atoms with Crippen molar-refractivity contribution >= 4 is 17.2 Å². The average molecular weight is 535 g/mol. The second-order valence-electron chi connectivity index (χ2n) is 10.8. The Hall–Kier alpha value is -2.90. The topological polar surface area (TPSA) is 75.1 Å². The Morgan fingerprint density at radius 1 is 1.11 bits per heavy atom. The van der Waals surface area contributed by atoms with Gasteiger partial charge >= 0.3 is 0 Å². The van der Waals surface area contributed by atoms with Crippen LogP contribution in [0.1, 0.15) is 55.5 Å². The maximum absolute atomic E-state index is 11.2. The summed E-state index contributed by atoms with van der Waals surface area (Å²) in [4.78, 5) is 6.98. The van der Waals surface area contributed by atoms with E-state index in [0.717, 1.165) is 59.8 Å². The molecule has 5 rings (SSSR count). The van der Waals surface area contributed by atoms with Crippen molar-refractivity contribution in [2.75, 3.05) is 26.2 Å². The van der Waals surface area contributed by atoms with E-state index in [1.54, 1.807) is 20.0 Å². The minimum atomic E-state index is -0.924. The van der Waals surface area contributed by atoms with Crippen molar-refractivity contribution in [3.05, 3.63) is 94.3 Å². The van der Waals surface area contributed by atoms with Crippen LogP contribution in [0.4, 0.5) is 0 Å².